The van der Waals surface area contributed by atoms with Crippen molar-refractivity contribution in [3.05, 3.63) is 47.8 Å². The second kappa shape index (κ2) is 8.88. The lowest BCUT2D eigenvalue weighted by Gasteiger charge is -2.37. The number of hydrogen-bond acceptors (Lipinski definition) is 2. The number of nitrogens with zero attached hydrogens (tertiary/aromatic N) is 3. The highest BCUT2D eigenvalue weighted by Crippen LogP contribution is 2.40. The highest BCUT2D eigenvalue weighted by molar-refractivity contribution is 6.90. The largest absolute Gasteiger partial charge is 0.247 e. The lowest BCUT2D eigenvalue weighted by molar-refractivity contribution is 0.649. The van der Waals surface area contributed by atoms with Crippen LogP contribution in [0.25, 0.3) is 0 Å². The van der Waals surface area contributed by atoms with Crippen molar-refractivity contribution in [2.24, 2.45) is 0 Å². The van der Waals surface area contributed by atoms with Crippen LogP contribution in [0.1, 0.15) is 52.8 Å². The quantitative estimate of drug-likeness (QED) is 0.559. The first-order chi connectivity index (χ1) is 12.4. The number of benzene rings is 1. The summed E-state index contributed by atoms with van der Waals surface area (Å²) in [5, 5.41) is 8.28. The Kier molecular flexibility index (Phi) is 6.83. The van der Waals surface area contributed by atoms with E-state index in [0.29, 0.717) is 28.9 Å². The van der Waals surface area contributed by atoms with Gasteiger partial charge in [-0.05, 0) is 39.9 Å². The molecule has 0 aliphatic rings. The highest BCUT2D eigenvalue weighted by Gasteiger charge is 2.41. The fourth-order valence-electron chi connectivity index (χ4n) is 3.87. The van der Waals surface area contributed by atoms with Crippen LogP contribution in [0.15, 0.2) is 36.5 Å². The lowest BCUT2D eigenvalue weighted by atomic mass is 10.2. The molecule has 0 amide bonds. The van der Waals surface area contributed by atoms with Crippen LogP contribution in [-0.2, 0) is 6.54 Å². The topological polar surface area (TPSA) is 30.7 Å². The monoisotopic (exact) mass is 363 g/mol. The summed E-state index contributed by atoms with van der Waals surface area (Å²) in [6, 6.07) is 10.2. The summed E-state index contributed by atoms with van der Waals surface area (Å²) >= 11 is 0. The molecule has 4 heteroatoms. The second-order valence-electron chi connectivity index (χ2n) is 7.68. The SMILES string of the molecule is CC(C)[Si](C#CC#Cc1cn(Cc2ccccc2)nn1)(C(C)C)C(C)C. The normalized spacial score (nSPS) is 11.3. The summed E-state index contributed by atoms with van der Waals surface area (Å²) in [5.41, 5.74) is 7.31. The number of aromatic nitrogens is 3. The maximum atomic E-state index is 4.15. The van der Waals surface area contributed by atoms with Crippen molar-refractivity contribution in [1.82, 2.24) is 15.0 Å². The third kappa shape index (κ3) is 4.65. The van der Waals surface area contributed by atoms with Crippen molar-refractivity contribution in [1.29, 1.82) is 0 Å². The van der Waals surface area contributed by atoms with E-state index in [-0.39, 0.29) is 0 Å². The average molecular weight is 364 g/mol. The Morgan fingerprint density at radius 1 is 0.923 bits per heavy atom. The minimum Gasteiger partial charge on any atom is -0.247 e. The van der Waals surface area contributed by atoms with E-state index in [4.69, 9.17) is 0 Å². The van der Waals surface area contributed by atoms with Gasteiger partial charge in [0.1, 0.15) is 8.07 Å². The Morgan fingerprint density at radius 3 is 2.12 bits per heavy atom. The highest BCUT2D eigenvalue weighted by atomic mass is 28.3. The van der Waals surface area contributed by atoms with Crippen molar-refractivity contribution in [2.45, 2.75) is 64.7 Å². The van der Waals surface area contributed by atoms with Gasteiger partial charge in [-0.1, -0.05) is 77.1 Å². The van der Waals surface area contributed by atoms with Crippen LogP contribution >= 0.6 is 0 Å². The molecule has 0 fully saturated rings. The Bertz CT molecular complexity index is 805. The van der Waals surface area contributed by atoms with Gasteiger partial charge in [-0.25, -0.2) is 4.68 Å². The van der Waals surface area contributed by atoms with Gasteiger partial charge in [-0.3, -0.25) is 0 Å². The molecule has 0 aliphatic carbocycles. The summed E-state index contributed by atoms with van der Waals surface area (Å²) < 4.78 is 1.81. The molecule has 26 heavy (non-hydrogen) atoms. The van der Waals surface area contributed by atoms with Crippen LogP contribution in [0, 0.1) is 23.3 Å². The van der Waals surface area contributed by atoms with E-state index in [2.05, 4.69) is 87.3 Å². The summed E-state index contributed by atoms with van der Waals surface area (Å²) in [5.74, 6) is 9.20. The van der Waals surface area contributed by atoms with E-state index in [0.717, 1.165) is 0 Å². The van der Waals surface area contributed by atoms with Gasteiger partial charge in [0.05, 0.1) is 12.7 Å². The van der Waals surface area contributed by atoms with E-state index < -0.39 is 8.07 Å². The molecular weight excluding hydrogens is 334 g/mol. The van der Waals surface area contributed by atoms with Crippen molar-refractivity contribution in [3.8, 4) is 23.3 Å². The maximum absolute atomic E-state index is 4.15. The minimum absolute atomic E-state index is 0.614. The zero-order chi connectivity index (χ0) is 19.2. The second-order valence-corrected chi connectivity index (χ2v) is 13.3. The Morgan fingerprint density at radius 2 is 1.54 bits per heavy atom. The molecule has 3 nitrogen and oxygen atoms in total. The predicted molar refractivity (Wildman–Crippen MR) is 111 cm³/mol. The van der Waals surface area contributed by atoms with Crippen LogP contribution in [0.4, 0.5) is 0 Å². The van der Waals surface area contributed by atoms with Crippen LogP contribution in [0.2, 0.25) is 16.6 Å². The van der Waals surface area contributed by atoms with Gasteiger partial charge < -0.3 is 0 Å². The molecule has 1 heterocycles. The number of hydrogen-bond donors (Lipinski definition) is 0. The molecule has 0 bridgehead atoms. The number of rotatable bonds is 5. The van der Waals surface area contributed by atoms with E-state index in [9.17, 15) is 0 Å². The Balaban J connectivity index is 2.14. The first-order valence-electron chi connectivity index (χ1n) is 9.33. The molecule has 0 atom stereocenters. The standard InChI is InChI=1S/C22H29N3Si/c1-18(2)26(19(3)4,20(5)6)15-11-10-14-22-17-25(24-23-22)16-21-12-8-7-9-13-21/h7-9,12-13,17-20H,16H2,1-6H3. The molecule has 1 aromatic carbocycles. The van der Waals surface area contributed by atoms with E-state index in [1.165, 1.54) is 5.56 Å². The molecule has 1 aromatic heterocycles. The lowest BCUT2D eigenvalue weighted by Crippen LogP contribution is -2.43. The first kappa shape index (κ1) is 20.0. The van der Waals surface area contributed by atoms with Crippen molar-refractivity contribution >= 4 is 8.07 Å². The van der Waals surface area contributed by atoms with Crippen molar-refractivity contribution in [2.75, 3.05) is 0 Å². The fraction of sp³-hybridized carbons (Fsp3) is 0.455. The smallest absolute Gasteiger partial charge is 0.156 e. The molecule has 0 unspecified atom stereocenters. The molecular formula is C22H29N3Si. The van der Waals surface area contributed by atoms with Gasteiger partial charge in [-0.2, -0.15) is 0 Å². The third-order valence-corrected chi connectivity index (χ3v) is 11.4. The van der Waals surface area contributed by atoms with Gasteiger partial charge in [0.25, 0.3) is 0 Å². The molecule has 0 saturated carbocycles. The minimum atomic E-state index is -1.72. The molecule has 0 radical (unpaired) electrons. The van der Waals surface area contributed by atoms with E-state index >= 15 is 0 Å². The fourth-order valence-corrected chi connectivity index (χ4v) is 9.02. The Labute approximate surface area is 159 Å². The van der Waals surface area contributed by atoms with Crippen molar-refractivity contribution < 1.29 is 0 Å². The molecule has 0 saturated heterocycles. The molecule has 136 valence electrons. The van der Waals surface area contributed by atoms with E-state index in [1.54, 1.807) is 0 Å². The zero-order valence-electron chi connectivity index (χ0n) is 16.7. The van der Waals surface area contributed by atoms with Crippen LogP contribution in [0.5, 0.6) is 0 Å². The third-order valence-electron chi connectivity index (χ3n) is 5.12. The van der Waals surface area contributed by atoms with Gasteiger partial charge in [0.2, 0.25) is 0 Å². The maximum Gasteiger partial charge on any atom is 0.156 e. The van der Waals surface area contributed by atoms with Crippen LogP contribution in [-0.4, -0.2) is 23.1 Å². The molecule has 0 spiro atoms. The van der Waals surface area contributed by atoms with Crippen LogP contribution in [0.3, 0.4) is 0 Å². The average Bonchev–Trinajstić information content (AvgIpc) is 3.02. The van der Waals surface area contributed by atoms with Gasteiger partial charge in [-0.15, -0.1) is 10.6 Å². The molecule has 0 aliphatic heterocycles. The van der Waals surface area contributed by atoms with Gasteiger partial charge >= 0.3 is 0 Å². The molecule has 2 rings (SSSR count). The summed E-state index contributed by atoms with van der Waals surface area (Å²) in [4.78, 5) is 0. The molecule has 2 aromatic rings. The molecule has 0 N–H and O–H groups in total. The first-order valence-corrected chi connectivity index (χ1v) is 11.6. The summed E-state index contributed by atoms with van der Waals surface area (Å²) in [6.07, 6.45) is 1.87. The van der Waals surface area contributed by atoms with Gasteiger partial charge in [0, 0.05) is 0 Å². The van der Waals surface area contributed by atoms with Crippen molar-refractivity contribution in [3.63, 3.8) is 0 Å². The predicted octanol–water partition coefficient (Wildman–Crippen LogP) is 4.90. The summed E-state index contributed by atoms with van der Waals surface area (Å²) in [7, 11) is -1.72. The Hall–Kier alpha value is -2.30. The van der Waals surface area contributed by atoms with Gasteiger partial charge in [0.15, 0.2) is 5.69 Å². The zero-order valence-corrected chi connectivity index (χ0v) is 17.7. The van der Waals surface area contributed by atoms with E-state index in [1.807, 2.05) is 29.1 Å². The van der Waals surface area contributed by atoms with Crippen LogP contribution < -0.4 is 0 Å². The summed E-state index contributed by atoms with van der Waals surface area (Å²) in [6.45, 7) is 14.6.